The minimum Gasteiger partial charge on any atom is -0.284 e. The van der Waals surface area contributed by atoms with Crippen LogP contribution in [0.25, 0.3) is 0 Å². The molecule has 0 unspecified atom stereocenters. The van der Waals surface area contributed by atoms with Crippen LogP contribution in [-0.4, -0.2) is 30.8 Å². The van der Waals surface area contributed by atoms with E-state index >= 15 is 0 Å². The Kier molecular flexibility index (Phi) is 22.6. The summed E-state index contributed by atoms with van der Waals surface area (Å²) in [5, 5.41) is 0. The fourth-order valence-electron chi connectivity index (χ4n) is 0. The van der Waals surface area contributed by atoms with E-state index in [1.165, 1.54) is 0 Å². The molecule has 7 nitrogen and oxygen atoms in total. The maximum atomic E-state index is 8.74. The fourth-order valence-corrected chi connectivity index (χ4v) is 0. The largest absolute Gasteiger partial charge is 0.394 e. The van der Waals surface area contributed by atoms with Crippen LogP contribution in [0.4, 0.5) is 0 Å². The third kappa shape index (κ3) is 967. The van der Waals surface area contributed by atoms with Gasteiger partial charge in [-0.25, -0.2) is 0 Å². The molecule has 0 spiro atoms. The van der Waals surface area contributed by atoms with Gasteiger partial charge in [-0.3, -0.25) is 18.2 Å². The van der Waals surface area contributed by atoms with E-state index in [1.807, 2.05) is 0 Å². The Hall–Kier alpha value is 0.953. The first kappa shape index (κ1) is 22.7. The Morgan fingerprint density at radius 2 is 1.09 bits per heavy atom. The molecule has 0 fully saturated rings. The quantitative estimate of drug-likeness (QED) is 0.256. The van der Waals surface area contributed by atoms with Gasteiger partial charge >= 0.3 is 10.4 Å². The zero-order valence-electron chi connectivity index (χ0n) is 4.50. The van der Waals surface area contributed by atoms with Gasteiger partial charge < -0.3 is 0 Å². The van der Waals surface area contributed by atoms with Crippen molar-refractivity contribution in [1.29, 1.82) is 0 Å². The predicted octanol–water partition coefficient (Wildman–Crippen LogP) is -0.977. The molecule has 4 N–H and O–H groups in total. The van der Waals surface area contributed by atoms with Gasteiger partial charge in [0.2, 0.25) is 0 Å². The molecule has 0 radical (unpaired) electrons. The molecular weight excluding hydrogens is 291 g/mol. The van der Waals surface area contributed by atoms with Crippen molar-refractivity contribution in [3.8, 4) is 0 Å². The van der Waals surface area contributed by atoms with Crippen LogP contribution >= 0.6 is 0 Å². The van der Waals surface area contributed by atoms with Gasteiger partial charge in [0.15, 0.2) is 0 Å². The zero-order valence-corrected chi connectivity index (χ0v) is 8.22. The second kappa shape index (κ2) is 11.0. The molecular formula is H4FeNiO7S2. The summed E-state index contributed by atoms with van der Waals surface area (Å²) in [6, 6.07) is 0. The Bertz CT molecular complexity index is 159. The third-order valence-corrected chi connectivity index (χ3v) is 0. The number of hydrogen-bond acceptors (Lipinski definition) is 3. The molecule has 11 heteroatoms. The molecule has 0 aliphatic carbocycles. The van der Waals surface area contributed by atoms with Crippen LogP contribution in [0, 0.1) is 0 Å². The summed E-state index contributed by atoms with van der Waals surface area (Å²) < 4.78 is 54.4. The van der Waals surface area contributed by atoms with Gasteiger partial charge in [0.1, 0.15) is 0 Å². The van der Waals surface area contributed by atoms with Crippen LogP contribution in [0.3, 0.4) is 0 Å². The molecule has 0 aliphatic heterocycles. The van der Waals surface area contributed by atoms with Crippen molar-refractivity contribution in [3.63, 3.8) is 0 Å². The summed E-state index contributed by atoms with van der Waals surface area (Å²) in [5.74, 6) is 0. The molecule has 0 aromatic heterocycles. The van der Waals surface area contributed by atoms with Crippen molar-refractivity contribution in [2.45, 2.75) is 0 Å². The van der Waals surface area contributed by atoms with E-state index in [4.69, 9.17) is 30.8 Å². The second-order valence-electron chi connectivity index (χ2n) is 0.679. The molecule has 0 saturated carbocycles. The van der Waals surface area contributed by atoms with Crippen molar-refractivity contribution in [2.75, 3.05) is 0 Å². The Balaban J connectivity index is -0.0000000383. The van der Waals surface area contributed by atoms with Crippen LogP contribution in [0.15, 0.2) is 0 Å². The number of rotatable bonds is 0. The van der Waals surface area contributed by atoms with Crippen molar-refractivity contribution in [2.24, 2.45) is 0 Å². The first-order valence-electron chi connectivity index (χ1n) is 1.23. The van der Waals surface area contributed by atoms with Gasteiger partial charge in [0.05, 0.1) is 0 Å². The number of hydrogen-bond donors (Lipinski definition) is 4. The molecule has 0 aliphatic rings. The summed E-state index contributed by atoms with van der Waals surface area (Å²) in [5.41, 5.74) is 0. The third-order valence-electron chi connectivity index (χ3n) is 0. The van der Waals surface area contributed by atoms with E-state index in [0.29, 0.717) is 0 Å². The smallest absolute Gasteiger partial charge is 0.284 e. The minimum absolute atomic E-state index is 0. The van der Waals surface area contributed by atoms with E-state index in [2.05, 4.69) is 0 Å². The zero-order chi connectivity index (χ0) is 8.08. The fraction of sp³-hybridized carbons (Fsp3) is 0. The van der Waals surface area contributed by atoms with Crippen LogP contribution in [0.2, 0.25) is 0 Å². The van der Waals surface area contributed by atoms with Crippen LogP contribution in [0.5, 0.6) is 0 Å². The van der Waals surface area contributed by atoms with E-state index in [9.17, 15) is 0 Å². The topological polar surface area (TPSA) is 132 Å². The van der Waals surface area contributed by atoms with Crippen molar-refractivity contribution >= 4 is 21.8 Å². The average molecular weight is 295 g/mol. The Morgan fingerprint density at radius 3 is 1.09 bits per heavy atom. The molecule has 0 saturated heterocycles. The maximum Gasteiger partial charge on any atom is 0.394 e. The molecule has 0 aromatic carbocycles. The summed E-state index contributed by atoms with van der Waals surface area (Å²) in [4.78, 5) is 0. The Labute approximate surface area is 86.0 Å². The normalized spacial score (nSPS) is 8.45. The molecule has 0 aromatic rings. The van der Waals surface area contributed by atoms with Crippen LogP contribution < -0.4 is 0 Å². The van der Waals surface area contributed by atoms with E-state index in [1.54, 1.807) is 0 Å². The SMILES string of the molecule is O=S(=O)(O)O.O=S(O)O.[Fe].[Ni]. The molecule has 0 bridgehead atoms. The van der Waals surface area contributed by atoms with Gasteiger partial charge in [0.25, 0.3) is 11.4 Å². The van der Waals surface area contributed by atoms with Crippen LogP contribution in [0.1, 0.15) is 0 Å². The molecule has 0 heterocycles. The Morgan fingerprint density at radius 1 is 1.09 bits per heavy atom. The monoisotopic (exact) mass is 294 g/mol. The van der Waals surface area contributed by atoms with Crippen LogP contribution in [-0.2, 0) is 55.3 Å². The summed E-state index contributed by atoms with van der Waals surface area (Å²) >= 11 is -2.61. The van der Waals surface area contributed by atoms with Gasteiger partial charge in [-0.2, -0.15) is 12.6 Å². The summed E-state index contributed by atoms with van der Waals surface area (Å²) in [7, 11) is -4.67. The standard InChI is InChI=1S/Fe.Ni.H2O4S.H2O3S/c;;1-5(2,3)4;1-4(2)3/h;;(H2,1,2,3,4);(H2,1,2,3). The van der Waals surface area contributed by atoms with Crippen molar-refractivity contribution < 1.29 is 64.4 Å². The maximum absolute atomic E-state index is 8.74. The van der Waals surface area contributed by atoms with Gasteiger partial charge in [-0.15, -0.1) is 0 Å². The summed E-state index contributed by atoms with van der Waals surface area (Å²) in [6.45, 7) is 0. The average Bonchev–Trinajstić information content (AvgIpc) is 1.19. The van der Waals surface area contributed by atoms with Gasteiger partial charge in [-0.1, -0.05) is 0 Å². The van der Waals surface area contributed by atoms with Crippen molar-refractivity contribution in [1.82, 2.24) is 0 Å². The molecule has 0 rings (SSSR count). The first-order chi connectivity index (χ1) is 3.73. The van der Waals surface area contributed by atoms with Gasteiger partial charge in [-0.05, 0) is 0 Å². The van der Waals surface area contributed by atoms with E-state index in [0.717, 1.165) is 0 Å². The van der Waals surface area contributed by atoms with Crippen molar-refractivity contribution in [3.05, 3.63) is 0 Å². The molecule has 76 valence electrons. The molecule has 0 amide bonds. The van der Waals surface area contributed by atoms with E-state index < -0.39 is 21.8 Å². The summed E-state index contributed by atoms with van der Waals surface area (Å²) in [6.07, 6.45) is 0. The first-order valence-corrected chi connectivity index (χ1v) is 3.69. The van der Waals surface area contributed by atoms with E-state index in [-0.39, 0.29) is 33.6 Å². The minimum atomic E-state index is -4.67. The predicted molar refractivity (Wildman–Crippen MR) is 27.6 cm³/mol. The molecule has 11 heavy (non-hydrogen) atoms. The second-order valence-corrected chi connectivity index (χ2v) is 2.04. The van der Waals surface area contributed by atoms with Gasteiger partial charge in [0, 0.05) is 33.6 Å². The molecule has 0 atom stereocenters.